The fourth-order valence-corrected chi connectivity index (χ4v) is 2.34. The number of nitrogens with one attached hydrogen (secondary N) is 3. The molecule has 2 unspecified atom stereocenters. The number of hydrogen-bond acceptors (Lipinski definition) is 7. The van der Waals surface area contributed by atoms with Gasteiger partial charge in [0.25, 0.3) is 0 Å². The minimum Gasteiger partial charge on any atom is -0.370 e. The molecule has 2 atom stereocenters. The summed E-state index contributed by atoms with van der Waals surface area (Å²) >= 11 is 0. The number of primary amides is 1. The van der Waals surface area contributed by atoms with E-state index in [0.717, 1.165) is 0 Å². The van der Waals surface area contributed by atoms with E-state index in [0.29, 0.717) is 32.2 Å². The molecule has 0 heterocycles. The Morgan fingerprint density at radius 2 is 1.45 bits per heavy atom. The van der Waals surface area contributed by atoms with Crippen LogP contribution in [0.25, 0.3) is 0 Å². The number of aliphatic imine (C=N–C) groups is 1. The van der Waals surface area contributed by atoms with Crippen molar-refractivity contribution in [2.45, 2.75) is 44.2 Å². The van der Waals surface area contributed by atoms with Crippen LogP contribution in [0.5, 0.6) is 0 Å². The second kappa shape index (κ2) is 15.0. The van der Waals surface area contributed by atoms with E-state index in [4.69, 9.17) is 28.7 Å². The fourth-order valence-electron chi connectivity index (χ4n) is 2.34. The summed E-state index contributed by atoms with van der Waals surface area (Å²) in [6, 6.07) is -1.76. The van der Waals surface area contributed by atoms with Gasteiger partial charge in [-0.05, 0) is 38.6 Å². The zero-order chi connectivity index (χ0) is 22.2. The predicted octanol–water partition coefficient (Wildman–Crippen LogP) is -4.30. The first-order valence-corrected chi connectivity index (χ1v) is 9.32. The number of carbonyl (C=O) groups excluding carboxylic acids is 4. The standard InChI is InChI=1S/C16H33N9O4/c17-6-2-1-4-10(14(19)28)24-13(27)9-23-15(29)11(25-12(26)8-18)5-3-7-22-16(20)21/h10-11H,1-9,17-18H2,(H2,19,28)(H,23,29)(H,24,27)(H,25,26)(H4,20,21,22). The van der Waals surface area contributed by atoms with Crippen molar-refractivity contribution in [3.63, 3.8) is 0 Å². The molecule has 13 nitrogen and oxygen atoms in total. The summed E-state index contributed by atoms with van der Waals surface area (Å²) in [4.78, 5) is 51.1. The number of nitrogens with two attached hydrogens (primary N) is 5. The third-order valence-corrected chi connectivity index (χ3v) is 3.83. The molecule has 0 saturated heterocycles. The molecule has 0 aliphatic carbocycles. The average molecular weight is 415 g/mol. The van der Waals surface area contributed by atoms with Crippen LogP contribution in [0.4, 0.5) is 0 Å². The van der Waals surface area contributed by atoms with Crippen LogP contribution in [0.2, 0.25) is 0 Å². The molecule has 0 rings (SSSR count). The first kappa shape index (κ1) is 26.1. The van der Waals surface area contributed by atoms with Gasteiger partial charge in [0.2, 0.25) is 23.6 Å². The lowest BCUT2D eigenvalue weighted by atomic mass is 10.1. The molecular formula is C16H33N9O4. The lowest BCUT2D eigenvalue weighted by Gasteiger charge is -2.19. The van der Waals surface area contributed by atoms with Crippen LogP contribution in [-0.4, -0.2) is 67.9 Å². The number of carbonyl (C=O) groups is 4. The fraction of sp³-hybridized carbons (Fsp3) is 0.688. The Morgan fingerprint density at radius 3 is 2.00 bits per heavy atom. The summed E-state index contributed by atoms with van der Waals surface area (Å²) in [7, 11) is 0. The normalized spacial score (nSPS) is 12.3. The Balaban J connectivity index is 4.64. The molecule has 0 saturated carbocycles. The van der Waals surface area contributed by atoms with Crippen LogP contribution in [0.1, 0.15) is 32.1 Å². The SMILES string of the molecule is NCCCCC(NC(=O)CNC(=O)C(CCCN=C(N)N)NC(=O)CN)C(N)=O. The summed E-state index contributed by atoms with van der Waals surface area (Å²) < 4.78 is 0. The van der Waals surface area contributed by atoms with E-state index in [-0.39, 0.29) is 32.0 Å². The predicted molar refractivity (Wildman–Crippen MR) is 108 cm³/mol. The Bertz CT molecular complexity index is 579. The monoisotopic (exact) mass is 415 g/mol. The molecule has 0 aliphatic rings. The van der Waals surface area contributed by atoms with E-state index in [1.807, 2.05) is 0 Å². The van der Waals surface area contributed by atoms with Gasteiger partial charge in [0.05, 0.1) is 13.1 Å². The van der Waals surface area contributed by atoms with Crippen LogP contribution in [0.15, 0.2) is 4.99 Å². The van der Waals surface area contributed by atoms with E-state index >= 15 is 0 Å². The smallest absolute Gasteiger partial charge is 0.243 e. The van der Waals surface area contributed by atoms with Gasteiger partial charge in [-0.1, -0.05) is 0 Å². The summed E-state index contributed by atoms with van der Waals surface area (Å²) in [5.41, 5.74) is 26.4. The molecule has 0 aromatic carbocycles. The van der Waals surface area contributed by atoms with E-state index in [1.54, 1.807) is 0 Å². The second-order valence-corrected chi connectivity index (χ2v) is 6.30. The Hall–Kier alpha value is -2.93. The van der Waals surface area contributed by atoms with Crippen molar-refractivity contribution in [3.8, 4) is 0 Å². The molecule has 0 radical (unpaired) electrons. The van der Waals surface area contributed by atoms with Gasteiger partial charge in [0.15, 0.2) is 5.96 Å². The van der Waals surface area contributed by atoms with Crippen molar-refractivity contribution in [2.24, 2.45) is 33.7 Å². The molecule has 4 amide bonds. The first-order chi connectivity index (χ1) is 13.7. The molecule has 0 bridgehead atoms. The van der Waals surface area contributed by atoms with Gasteiger partial charge in [-0.15, -0.1) is 0 Å². The van der Waals surface area contributed by atoms with Gasteiger partial charge in [-0.3, -0.25) is 24.2 Å². The maximum Gasteiger partial charge on any atom is 0.243 e. The largest absolute Gasteiger partial charge is 0.370 e. The molecule has 0 aromatic heterocycles. The van der Waals surface area contributed by atoms with Gasteiger partial charge < -0.3 is 44.6 Å². The summed E-state index contributed by atoms with van der Waals surface area (Å²) in [5, 5.41) is 7.34. The minimum atomic E-state index is -0.912. The van der Waals surface area contributed by atoms with Crippen LogP contribution in [-0.2, 0) is 19.2 Å². The number of hydrogen-bond donors (Lipinski definition) is 8. The average Bonchev–Trinajstić information content (AvgIpc) is 2.67. The zero-order valence-electron chi connectivity index (χ0n) is 16.5. The van der Waals surface area contributed by atoms with Crippen molar-refractivity contribution in [3.05, 3.63) is 0 Å². The summed E-state index contributed by atoms with van der Waals surface area (Å²) in [5.74, 6) is -2.44. The third-order valence-electron chi connectivity index (χ3n) is 3.83. The lowest BCUT2D eigenvalue weighted by molar-refractivity contribution is -0.131. The number of nitrogens with zero attached hydrogens (tertiary/aromatic N) is 1. The Kier molecular flexibility index (Phi) is 13.5. The minimum absolute atomic E-state index is 0.0795. The lowest BCUT2D eigenvalue weighted by Crippen LogP contribution is -2.52. The quantitative estimate of drug-likeness (QED) is 0.0736. The molecule has 13 N–H and O–H groups in total. The van der Waals surface area contributed by atoms with E-state index < -0.39 is 35.7 Å². The highest BCUT2D eigenvalue weighted by Gasteiger charge is 2.22. The van der Waals surface area contributed by atoms with E-state index in [1.165, 1.54) is 0 Å². The maximum atomic E-state index is 12.3. The van der Waals surface area contributed by atoms with Gasteiger partial charge in [-0.2, -0.15) is 0 Å². The highest BCUT2D eigenvalue weighted by Crippen LogP contribution is 2.01. The number of unbranched alkanes of at least 4 members (excludes halogenated alkanes) is 1. The zero-order valence-corrected chi connectivity index (χ0v) is 16.5. The van der Waals surface area contributed by atoms with Crippen LogP contribution >= 0.6 is 0 Å². The van der Waals surface area contributed by atoms with Gasteiger partial charge in [0, 0.05) is 6.54 Å². The molecule has 0 fully saturated rings. The Morgan fingerprint density at radius 1 is 0.828 bits per heavy atom. The van der Waals surface area contributed by atoms with Crippen molar-refractivity contribution >= 4 is 29.6 Å². The third kappa shape index (κ3) is 13.0. The highest BCUT2D eigenvalue weighted by atomic mass is 16.2. The molecule has 13 heteroatoms. The first-order valence-electron chi connectivity index (χ1n) is 9.32. The van der Waals surface area contributed by atoms with Gasteiger partial charge >= 0.3 is 0 Å². The van der Waals surface area contributed by atoms with Crippen LogP contribution in [0.3, 0.4) is 0 Å². The number of rotatable bonds is 15. The van der Waals surface area contributed by atoms with Crippen molar-refractivity contribution in [2.75, 3.05) is 26.2 Å². The van der Waals surface area contributed by atoms with E-state index in [9.17, 15) is 19.2 Å². The van der Waals surface area contributed by atoms with Crippen LogP contribution < -0.4 is 44.6 Å². The van der Waals surface area contributed by atoms with Gasteiger partial charge in [-0.25, -0.2) is 0 Å². The van der Waals surface area contributed by atoms with Crippen molar-refractivity contribution in [1.29, 1.82) is 0 Å². The molecule has 29 heavy (non-hydrogen) atoms. The van der Waals surface area contributed by atoms with Crippen molar-refractivity contribution < 1.29 is 19.2 Å². The van der Waals surface area contributed by atoms with E-state index in [2.05, 4.69) is 20.9 Å². The molecule has 166 valence electrons. The number of guanidine groups is 1. The maximum absolute atomic E-state index is 12.3. The molecule has 0 aromatic rings. The molecular weight excluding hydrogens is 382 g/mol. The molecule has 0 aliphatic heterocycles. The Labute approximate surface area is 169 Å². The van der Waals surface area contributed by atoms with Gasteiger partial charge in [0.1, 0.15) is 12.1 Å². The highest BCUT2D eigenvalue weighted by molar-refractivity contribution is 5.92. The number of amides is 4. The molecule has 0 spiro atoms. The van der Waals surface area contributed by atoms with Crippen LogP contribution in [0, 0.1) is 0 Å². The van der Waals surface area contributed by atoms with Crippen molar-refractivity contribution in [1.82, 2.24) is 16.0 Å². The summed E-state index contributed by atoms with van der Waals surface area (Å²) in [6.45, 7) is 0.0619. The second-order valence-electron chi connectivity index (χ2n) is 6.30. The topological polar surface area (TPSA) is 247 Å². The summed E-state index contributed by atoms with van der Waals surface area (Å²) in [6.07, 6.45) is 2.32.